The third-order valence-corrected chi connectivity index (χ3v) is 6.98. The Morgan fingerprint density at radius 1 is 1.06 bits per heavy atom. The third-order valence-electron chi connectivity index (χ3n) is 6.98. The van der Waals surface area contributed by atoms with Gasteiger partial charge in [0.25, 0.3) is 5.91 Å². The Balaban J connectivity index is 1.43. The number of carbonyl (C=O) groups is 1. The van der Waals surface area contributed by atoms with Gasteiger partial charge in [-0.3, -0.25) is 14.8 Å². The summed E-state index contributed by atoms with van der Waals surface area (Å²) < 4.78 is 13.6. The molecule has 35 heavy (non-hydrogen) atoms. The van der Waals surface area contributed by atoms with E-state index in [1.54, 1.807) is 29.4 Å². The van der Waals surface area contributed by atoms with Crippen molar-refractivity contribution in [3.8, 4) is 0 Å². The molecule has 2 aromatic heterocycles. The van der Waals surface area contributed by atoms with Crippen LogP contribution in [0.25, 0.3) is 10.9 Å². The van der Waals surface area contributed by atoms with Crippen LogP contribution in [0.4, 0.5) is 33.2 Å². The van der Waals surface area contributed by atoms with Crippen LogP contribution in [-0.2, 0) is 4.79 Å². The minimum atomic E-state index is -0.402. The van der Waals surface area contributed by atoms with E-state index in [0.29, 0.717) is 17.3 Å². The van der Waals surface area contributed by atoms with Crippen LogP contribution in [0, 0.1) is 5.82 Å². The highest BCUT2D eigenvalue weighted by atomic mass is 19.1. The van der Waals surface area contributed by atoms with Crippen molar-refractivity contribution in [1.82, 2.24) is 20.2 Å². The molecule has 0 bridgehead atoms. The third kappa shape index (κ3) is 3.86. The van der Waals surface area contributed by atoms with Gasteiger partial charge in [0.15, 0.2) is 5.82 Å². The van der Waals surface area contributed by atoms with Crippen molar-refractivity contribution in [2.45, 2.75) is 51.1 Å². The molecule has 1 aliphatic carbocycles. The largest absolute Gasteiger partial charge is 0.340 e. The number of aromatic nitrogens is 4. The van der Waals surface area contributed by atoms with Gasteiger partial charge in [0.2, 0.25) is 5.95 Å². The Bertz CT molecular complexity index is 1380. The summed E-state index contributed by atoms with van der Waals surface area (Å²) in [7, 11) is 0. The standard InChI is InChI=1S/C26H26FN7O/c1-16-25(35)34(21-10-7-18(27)8-11-21)23-15-28-26(30-19-9-12-22-17(13-19)14-29-32-22)31-24(23)33(16)20-5-3-2-4-6-20/h7-16,20H,2-6H2,1H3,(H,29,32)(H,28,30,31)/t16-/m1/s1. The second-order valence-electron chi connectivity index (χ2n) is 9.22. The van der Waals surface area contributed by atoms with Gasteiger partial charge in [0, 0.05) is 22.8 Å². The van der Waals surface area contributed by atoms with Gasteiger partial charge in [-0.15, -0.1) is 0 Å². The van der Waals surface area contributed by atoms with Gasteiger partial charge < -0.3 is 10.2 Å². The van der Waals surface area contributed by atoms with Crippen LogP contribution >= 0.6 is 0 Å². The van der Waals surface area contributed by atoms with E-state index in [1.165, 1.54) is 18.6 Å². The fraction of sp³-hybridized carbons (Fsp3) is 0.308. The molecule has 0 saturated heterocycles. The molecule has 2 aromatic carbocycles. The number of benzene rings is 2. The molecule has 1 atom stereocenters. The monoisotopic (exact) mass is 471 g/mol. The lowest BCUT2D eigenvalue weighted by molar-refractivity contribution is -0.119. The Hall–Kier alpha value is -4.01. The Kier molecular flexibility index (Phi) is 5.32. The number of rotatable bonds is 4. The van der Waals surface area contributed by atoms with Gasteiger partial charge in [-0.25, -0.2) is 9.37 Å². The van der Waals surface area contributed by atoms with E-state index in [4.69, 9.17) is 4.98 Å². The van der Waals surface area contributed by atoms with Crippen molar-refractivity contribution >= 4 is 45.6 Å². The van der Waals surface area contributed by atoms with Gasteiger partial charge in [-0.2, -0.15) is 10.1 Å². The van der Waals surface area contributed by atoms with Crippen molar-refractivity contribution in [2.24, 2.45) is 0 Å². The first-order valence-electron chi connectivity index (χ1n) is 12.0. The van der Waals surface area contributed by atoms with Gasteiger partial charge in [0.1, 0.15) is 17.5 Å². The average Bonchev–Trinajstić information content (AvgIpc) is 3.34. The summed E-state index contributed by atoms with van der Waals surface area (Å²) in [6.45, 7) is 1.93. The summed E-state index contributed by atoms with van der Waals surface area (Å²) in [6.07, 6.45) is 9.00. The summed E-state index contributed by atoms with van der Waals surface area (Å²) >= 11 is 0. The normalized spacial score (nSPS) is 18.7. The number of H-pyrrole nitrogens is 1. The second kappa shape index (κ2) is 8.65. The number of fused-ring (bicyclic) bond motifs is 2. The summed E-state index contributed by atoms with van der Waals surface area (Å²) in [5.41, 5.74) is 3.01. The highest BCUT2D eigenvalue weighted by Gasteiger charge is 2.41. The van der Waals surface area contributed by atoms with E-state index in [9.17, 15) is 9.18 Å². The van der Waals surface area contributed by atoms with Crippen LogP contribution in [0.1, 0.15) is 39.0 Å². The van der Waals surface area contributed by atoms with E-state index in [1.807, 2.05) is 25.1 Å². The van der Waals surface area contributed by atoms with E-state index < -0.39 is 6.04 Å². The van der Waals surface area contributed by atoms with Crippen LogP contribution in [0.2, 0.25) is 0 Å². The van der Waals surface area contributed by atoms with Crippen molar-refractivity contribution in [2.75, 3.05) is 15.1 Å². The number of nitrogens with zero attached hydrogens (tertiary/aromatic N) is 5. The fourth-order valence-corrected chi connectivity index (χ4v) is 5.24. The fourth-order valence-electron chi connectivity index (χ4n) is 5.24. The molecule has 8 nitrogen and oxygen atoms in total. The number of halogens is 1. The first-order valence-corrected chi connectivity index (χ1v) is 12.0. The molecule has 1 aliphatic heterocycles. The molecular formula is C26H26FN7O. The molecule has 0 unspecified atom stereocenters. The first-order chi connectivity index (χ1) is 17.1. The second-order valence-corrected chi connectivity index (χ2v) is 9.22. The zero-order chi connectivity index (χ0) is 23.9. The number of anilines is 5. The predicted octanol–water partition coefficient (Wildman–Crippen LogP) is 5.44. The molecule has 0 radical (unpaired) electrons. The number of aromatic amines is 1. The van der Waals surface area contributed by atoms with E-state index in [-0.39, 0.29) is 17.8 Å². The molecule has 1 fully saturated rings. The zero-order valence-electron chi connectivity index (χ0n) is 19.4. The number of hydrogen-bond acceptors (Lipinski definition) is 6. The highest BCUT2D eigenvalue weighted by Crippen LogP contribution is 2.42. The topological polar surface area (TPSA) is 90.0 Å². The summed E-state index contributed by atoms with van der Waals surface area (Å²) in [4.78, 5) is 26.9. The van der Waals surface area contributed by atoms with Gasteiger partial charge in [-0.05, 0) is 62.2 Å². The lowest BCUT2D eigenvalue weighted by Crippen LogP contribution is -2.55. The lowest BCUT2D eigenvalue weighted by Gasteiger charge is -2.45. The minimum Gasteiger partial charge on any atom is -0.340 e. The maximum Gasteiger partial charge on any atom is 0.254 e. The predicted molar refractivity (Wildman–Crippen MR) is 134 cm³/mol. The lowest BCUT2D eigenvalue weighted by atomic mass is 9.92. The number of hydrogen-bond donors (Lipinski definition) is 2. The molecule has 1 saturated carbocycles. The quantitative estimate of drug-likeness (QED) is 0.412. The molecule has 2 aliphatic rings. The molecule has 0 spiro atoms. The highest BCUT2D eigenvalue weighted by molar-refractivity contribution is 6.09. The van der Waals surface area contributed by atoms with Crippen molar-refractivity contribution in [1.29, 1.82) is 0 Å². The molecule has 9 heteroatoms. The number of amides is 1. The molecule has 2 N–H and O–H groups in total. The maximum absolute atomic E-state index is 13.6. The van der Waals surface area contributed by atoms with Gasteiger partial charge in [-0.1, -0.05) is 19.3 Å². The first kappa shape index (κ1) is 21.5. The van der Waals surface area contributed by atoms with E-state index in [2.05, 4.69) is 25.4 Å². The zero-order valence-corrected chi connectivity index (χ0v) is 19.4. The number of nitrogens with one attached hydrogen (secondary N) is 2. The smallest absolute Gasteiger partial charge is 0.254 e. The minimum absolute atomic E-state index is 0.0654. The molecule has 1 amide bonds. The SMILES string of the molecule is C[C@@H]1C(=O)N(c2ccc(F)cc2)c2cnc(Nc3ccc4[nH]ncc4c3)nc2N1C1CCCCC1. The van der Waals surface area contributed by atoms with Crippen LogP contribution in [0.3, 0.4) is 0 Å². The van der Waals surface area contributed by atoms with E-state index >= 15 is 0 Å². The van der Waals surface area contributed by atoms with Crippen LogP contribution in [0.5, 0.6) is 0 Å². The van der Waals surface area contributed by atoms with Gasteiger partial charge >= 0.3 is 0 Å². The maximum atomic E-state index is 13.6. The van der Waals surface area contributed by atoms with Crippen molar-refractivity contribution in [3.05, 3.63) is 60.7 Å². The van der Waals surface area contributed by atoms with Crippen molar-refractivity contribution < 1.29 is 9.18 Å². The van der Waals surface area contributed by atoms with Gasteiger partial charge in [0.05, 0.1) is 17.9 Å². The van der Waals surface area contributed by atoms with Crippen molar-refractivity contribution in [3.63, 3.8) is 0 Å². The molecule has 6 rings (SSSR count). The van der Waals surface area contributed by atoms with E-state index in [0.717, 1.165) is 48.1 Å². The van der Waals surface area contributed by atoms with Crippen LogP contribution in [-0.4, -0.2) is 38.2 Å². The summed E-state index contributed by atoms with van der Waals surface area (Å²) in [6, 6.07) is 11.7. The Morgan fingerprint density at radius 3 is 2.66 bits per heavy atom. The summed E-state index contributed by atoms with van der Waals surface area (Å²) in [5, 5.41) is 11.3. The summed E-state index contributed by atoms with van der Waals surface area (Å²) in [5.74, 6) is 0.758. The average molecular weight is 472 g/mol. The molecular weight excluding hydrogens is 445 g/mol. The Labute approximate surface area is 202 Å². The van der Waals surface area contributed by atoms with Crippen LogP contribution in [0.15, 0.2) is 54.9 Å². The Morgan fingerprint density at radius 2 is 1.86 bits per heavy atom. The molecule has 4 aromatic rings. The molecule has 3 heterocycles. The molecule has 178 valence electrons. The number of carbonyl (C=O) groups excluding carboxylic acids is 1. The van der Waals surface area contributed by atoms with Crippen LogP contribution < -0.4 is 15.1 Å².